The molecular weight excluding hydrogens is 408 g/mol. The Hall–Kier alpha value is -1.68. The second-order valence-electron chi connectivity index (χ2n) is 5.41. The van der Waals surface area contributed by atoms with E-state index < -0.39 is 23.9 Å². The Balaban J connectivity index is -0.000000388. The summed E-state index contributed by atoms with van der Waals surface area (Å²) in [4.78, 5) is 40.5. The van der Waals surface area contributed by atoms with Gasteiger partial charge in [-0.15, -0.1) is 0 Å². The number of hydrogen-bond acceptors (Lipinski definition) is 6. The third-order valence-electron chi connectivity index (χ3n) is 2.62. The van der Waals surface area contributed by atoms with Gasteiger partial charge in [-0.3, -0.25) is 19.2 Å². The highest BCUT2D eigenvalue weighted by Crippen LogP contribution is 2.20. The highest BCUT2D eigenvalue weighted by Gasteiger charge is 2.14. The van der Waals surface area contributed by atoms with Crippen molar-refractivity contribution < 1.29 is 39.6 Å². The molecule has 10 heteroatoms. The number of rotatable bonds is 13. The Labute approximate surface area is 175 Å². The van der Waals surface area contributed by atoms with E-state index in [-0.39, 0.29) is 30.9 Å². The summed E-state index contributed by atoms with van der Waals surface area (Å²) in [5, 5.41) is 33.1. The van der Waals surface area contributed by atoms with Gasteiger partial charge in [0.15, 0.2) is 0 Å². The number of carbonyl (C=O) groups is 4. The van der Waals surface area contributed by atoms with Gasteiger partial charge in [0.2, 0.25) is 0 Å². The summed E-state index contributed by atoms with van der Waals surface area (Å²) >= 11 is 5.47. The van der Waals surface area contributed by atoms with Crippen LogP contribution in [0.1, 0.15) is 58.8 Å². The molecule has 4 N–H and O–H groups in total. The molecule has 0 aliphatic carbocycles. The molecule has 0 heterocycles. The van der Waals surface area contributed by atoms with Crippen LogP contribution in [0.15, 0.2) is 12.2 Å². The standard InChI is InChI=1S/C9H16O4S.C6H8O4.C3H8S/c1-2-5-14-7(6-9(12)13)3-4-8(10)11;7-5(8)3-1-2-4-6(9)10;1-2-3-4/h7H,2-6H2,1H3,(H,10,11)(H,12,13);1-2H,3-4H2,(H,7,8)(H,9,10);4H,2-3H2,1H3/b;2-1+;. The van der Waals surface area contributed by atoms with E-state index in [4.69, 9.17) is 20.4 Å². The fraction of sp³-hybridized carbons (Fsp3) is 0.667. The third kappa shape index (κ3) is 35.4. The second-order valence-corrected chi connectivity index (χ2v) is 7.27. The van der Waals surface area contributed by atoms with Crippen LogP contribution >= 0.6 is 24.4 Å². The van der Waals surface area contributed by atoms with E-state index in [1.165, 1.54) is 18.6 Å². The summed E-state index contributed by atoms with van der Waals surface area (Å²) in [6.07, 6.45) is 5.10. The molecule has 28 heavy (non-hydrogen) atoms. The van der Waals surface area contributed by atoms with Crippen LogP contribution < -0.4 is 0 Å². The molecule has 0 radical (unpaired) electrons. The summed E-state index contributed by atoms with van der Waals surface area (Å²) in [6, 6.07) is 0. The van der Waals surface area contributed by atoms with E-state index in [2.05, 4.69) is 19.6 Å². The van der Waals surface area contributed by atoms with Gasteiger partial charge >= 0.3 is 23.9 Å². The number of thioether (sulfide) groups is 1. The maximum atomic E-state index is 10.5. The molecule has 0 saturated heterocycles. The van der Waals surface area contributed by atoms with Crippen molar-refractivity contribution in [3.63, 3.8) is 0 Å². The van der Waals surface area contributed by atoms with Crippen molar-refractivity contribution in [3.8, 4) is 0 Å². The molecule has 0 saturated carbocycles. The van der Waals surface area contributed by atoms with Crippen LogP contribution in [-0.2, 0) is 19.2 Å². The zero-order valence-electron chi connectivity index (χ0n) is 16.4. The van der Waals surface area contributed by atoms with Crippen molar-refractivity contribution in [2.45, 2.75) is 64.0 Å². The van der Waals surface area contributed by atoms with Crippen molar-refractivity contribution >= 4 is 48.3 Å². The first-order chi connectivity index (χ1) is 13.1. The highest BCUT2D eigenvalue weighted by atomic mass is 32.2. The fourth-order valence-electron chi connectivity index (χ4n) is 1.38. The lowest BCUT2D eigenvalue weighted by Gasteiger charge is -2.12. The molecule has 0 aliphatic rings. The molecular formula is C18H32O8S2. The molecule has 0 aromatic carbocycles. The molecule has 0 aliphatic heterocycles. The molecule has 1 unspecified atom stereocenters. The molecule has 164 valence electrons. The molecule has 0 rings (SSSR count). The maximum absolute atomic E-state index is 10.5. The van der Waals surface area contributed by atoms with Crippen LogP contribution in [0.5, 0.6) is 0 Å². The highest BCUT2D eigenvalue weighted by molar-refractivity contribution is 7.99. The Bertz CT molecular complexity index is 447. The SMILES string of the molecule is CCCS.CCCSC(CCC(=O)O)CC(=O)O.O=C(O)C/C=C/CC(=O)O. The Morgan fingerprint density at radius 3 is 1.61 bits per heavy atom. The van der Waals surface area contributed by atoms with E-state index in [0.717, 1.165) is 17.9 Å². The van der Waals surface area contributed by atoms with E-state index in [1.807, 2.05) is 6.92 Å². The van der Waals surface area contributed by atoms with Gasteiger partial charge in [-0.05, 0) is 30.8 Å². The summed E-state index contributed by atoms with van der Waals surface area (Å²) in [5.74, 6) is -1.73. The Morgan fingerprint density at radius 2 is 1.32 bits per heavy atom. The molecule has 1 atom stereocenters. The normalized spacial score (nSPS) is 10.8. The molecule has 0 fully saturated rings. The van der Waals surface area contributed by atoms with Gasteiger partial charge in [0.1, 0.15) is 0 Å². The zero-order chi connectivity index (χ0) is 22.4. The zero-order valence-corrected chi connectivity index (χ0v) is 18.1. The van der Waals surface area contributed by atoms with E-state index in [9.17, 15) is 19.2 Å². The summed E-state index contributed by atoms with van der Waals surface area (Å²) in [6.45, 7) is 4.12. The Kier molecular flexibility index (Phi) is 25.9. The summed E-state index contributed by atoms with van der Waals surface area (Å²) < 4.78 is 0. The van der Waals surface area contributed by atoms with Gasteiger partial charge in [0, 0.05) is 11.7 Å². The second kappa shape index (κ2) is 23.4. The predicted molar refractivity (Wildman–Crippen MR) is 113 cm³/mol. The van der Waals surface area contributed by atoms with Crippen molar-refractivity contribution in [2.75, 3.05) is 11.5 Å². The molecule has 0 aromatic rings. The van der Waals surface area contributed by atoms with E-state index in [1.54, 1.807) is 11.8 Å². The number of carboxylic acids is 4. The lowest BCUT2D eigenvalue weighted by molar-refractivity contribution is -0.139. The topological polar surface area (TPSA) is 149 Å². The molecule has 0 aromatic heterocycles. The summed E-state index contributed by atoms with van der Waals surface area (Å²) in [7, 11) is 0. The van der Waals surface area contributed by atoms with Gasteiger partial charge in [-0.2, -0.15) is 24.4 Å². The minimum Gasteiger partial charge on any atom is -0.481 e. The monoisotopic (exact) mass is 440 g/mol. The fourth-order valence-corrected chi connectivity index (χ4v) is 2.49. The van der Waals surface area contributed by atoms with Gasteiger partial charge in [-0.25, -0.2) is 0 Å². The first-order valence-electron chi connectivity index (χ1n) is 8.85. The van der Waals surface area contributed by atoms with Crippen LogP contribution in [0.2, 0.25) is 0 Å². The molecule has 0 bridgehead atoms. The Morgan fingerprint density at radius 1 is 0.857 bits per heavy atom. The molecule has 0 spiro atoms. The first kappa shape index (κ1) is 31.0. The minimum absolute atomic E-state index is 0.0503. The smallest absolute Gasteiger partial charge is 0.307 e. The van der Waals surface area contributed by atoms with Gasteiger partial charge in [-0.1, -0.05) is 26.0 Å². The maximum Gasteiger partial charge on any atom is 0.307 e. The van der Waals surface area contributed by atoms with E-state index in [0.29, 0.717) is 6.42 Å². The average Bonchev–Trinajstić information content (AvgIpc) is 2.61. The third-order valence-corrected chi connectivity index (χ3v) is 4.58. The summed E-state index contributed by atoms with van der Waals surface area (Å²) in [5.41, 5.74) is 0. The minimum atomic E-state index is -0.957. The van der Waals surface area contributed by atoms with Crippen LogP contribution in [0.3, 0.4) is 0 Å². The predicted octanol–water partition coefficient (Wildman–Crippen LogP) is 3.66. The van der Waals surface area contributed by atoms with Crippen molar-refractivity contribution in [3.05, 3.63) is 12.2 Å². The number of aliphatic carboxylic acids is 4. The van der Waals surface area contributed by atoms with Gasteiger partial charge < -0.3 is 20.4 Å². The number of carboxylic acid groups (broad SMARTS) is 4. The number of hydrogen-bond donors (Lipinski definition) is 5. The average molecular weight is 441 g/mol. The van der Waals surface area contributed by atoms with Crippen molar-refractivity contribution in [1.82, 2.24) is 0 Å². The lowest BCUT2D eigenvalue weighted by atomic mass is 10.2. The van der Waals surface area contributed by atoms with Crippen LogP contribution in [0.25, 0.3) is 0 Å². The molecule has 8 nitrogen and oxygen atoms in total. The lowest BCUT2D eigenvalue weighted by Crippen LogP contribution is -2.12. The van der Waals surface area contributed by atoms with Gasteiger partial charge in [0.25, 0.3) is 0 Å². The quantitative estimate of drug-likeness (QED) is 0.213. The van der Waals surface area contributed by atoms with E-state index >= 15 is 0 Å². The van der Waals surface area contributed by atoms with Crippen molar-refractivity contribution in [1.29, 1.82) is 0 Å². The number of thiol groups is 1. The van der Waals surface area contributed by atoms with Crippen LogP contribution in [-0.4, -0.2) is 61.1 Å². The largest absolute Gasteiger partial charge is 0.481 e. The van der Waals surface area contributed by atoms with Crippen molar-refractivity contribution in [2.24, 2.45) is 0 Å². The van der Waals surface area contributed by atoms with Crippen LogP contribution in [0.4, 0.5) is 0 Å². The molecule has 0 amide bonds. The first-order valence-corrected chi connectivity index (χ1v) is 10.5. The van der Waals surface area contributed by atoms with Gasteiger partial charge in [0.05, 0.1) is 19.3 Å². The van der Waals surface area contributed by atoms with Crippen LogP contribution in [0, 0.1) is 0 Å².